The summed E-state index contributed by atoms with van der Waals surface area (Å²) in [6.45, 7) is 2.75. The Morgan fingerprint density at radius 1 is 1.16 bits per heavy atom. The van der Waals surface area contributed by atoms with Crippen molar-refractivity contribution in [3.8, 4) is 11.3 Å². The van der Waals surface area contributed by atoms with Crippen molar-refractivity contribution >= 4 is 21.7 Å². The first-order valence-electron chi connectivity index (χ1n) is 6.25. The third-order valence-electron chi connectivity index (χ3n) is 2.80. The molecule has 1 atom stereocenters. The van der Waals surface area contributed by atoms with Crippen LogP contribution in [-0.2, 0) is 0 Å². The van der Waals surface area contributed by atoms with Gasteiger partial charge >= 0.3 is 0 Å². The number of anilines is 1. The smallest absolute Gasteiger partial charge is 0.148 e. The van der Waals surface area contributed by atoms with Crippen LogP contribution in [-0.4, -0.2) is 22.8 Å². The van der Waals surface area contributed by atoms with Crippen LogP contribution >= 0.6 is 15.9 Å². The highest BCUT2D eigenvalue weighted by Crippen LogP contribution is 2.20. The molecule has 5 heteroatoms. The zero-order valence-electron chi connectivity index (χ0n) is 10.8. The Balaban J connectivity index is 2.08. The molecule has 0 fully saturated rings. The molecule has 0 aliphatic carbocycles. The molecule has 1 aromatic heterocycles. The summed E-state index contributed by atoms with van der Waals surface area (Å²) in [6, 6.07) is 12.2. The van der Waals surface area contributed by atoms with E-state index in [0.717, 1.165) is 28.0 Å². The topological polar surface area (TPSA) is 63.8 Å². The summed E-state index contributed by atoms with van der Waals surface area (Å²) >= 11 is 3.42. The molecule has 0 aliphatic heterocycles. The monoisotopic (exact) mass is 320 g/mol. The number of benzene rings is 1. The second-order valence-electron chi connectivity index (χ2n) is 4.43. The Morgan fingerprint density at radius 3 is 2.47 bits per heavy atom. The van der Waals surface area contributed by atoms with Crippen LogP contribution in [0.1, 0.15) is 13.3 Å². The molecule has 0 aliphatic rings. The van der Waals surface area contributed by atoms with E-state index >= 15 is 0 Å². The highest BCUT2D eigenvalue weighted by molar-refractivity contribution is 9.10. The molecule has 1 aromatic carbocycles. The van der Waals surface area contributed by atoms with Crippen molar-refractivity contribution in [2.24, 2.45) is 5.73 Å². The summed E-state index contributed by atoms with van der Waals surface area (Å²) in [4.78, 5) is 0. The summed E-state index contributed by atoms with van der Waals surface area (Å²) in [5.41, 5.74) is 7.43. The standard InChI is InChI=1S/C14H17BrN4/c1-10(8-9-16)17-14-7-6-13(18-19-14)11-2-4-12(15)5-3-11/h2-7,10H,8-9,16H2,1H3,(H,17,19). The van der Waals surface area contributed by atoms with E-state index in [2.05, 4.69) is 38.4 Å². The Hall–Kier alpha value is -1.46. The van der Waals surface area contributed by atoms with Crippen LogP contribution in [0.15, 0.2) is 40.9 Å². The molecule has 0 bridgehead atoms. The van der Waals surface area contributed by atoms with Crippen molar-refractivity contribution < 1.29 is 0 Å². The van der Waals surface area contributed by atoms with Crippen LogP contribution in [0.4, 0.5) is 5.82 Å². The maximum Gasteiger partial charge on any atom is 0.148 e. The zero-order valence-corrected chi connectivity index (χ0v) is 12.4. The largest absolute Gasteiger partial charge is 0.366 e. The maximum absolute atomic E-state index is 5.52. The molecule has 1 heterocycles. The lowest BCUT2D eigenvalue weighted by Gasteiger charge is -2.12. The number of rotatable bonds is 5. The van der Waals surface area contributed by atoms with Gasteiger partial charge in [-0.05, 0) is 44.2 Å². The predicted octanol–water partition coefficient (Wildman–Crippen LogP) is 3.06. The molecule has 19 heavy (non-hydrogen) atoms. The highest BCUT2D eigenvalue weighted by atomic mass is 79.9. The Labute approximate surface area is 121 Å². The summed E-state index contributed by atoms with van der Waals surface area (Å²) in [7, 11) is 0. The molecule has 3 N–H and O–H groups in total. The molecule has 100 valence electrons. The molecule has 0 saturated carbocycles. The van der Waals surface area contributed by atoms with Gasteiger partial charge in [0, 0.05) is 16.1 Å². The second-order valence-corrected chi connectivity index (χ2v) is 5.35. The van der Waals surface area contributed by atoms with Crippen molar-refractivity contribution in [2.75, 3.05) is 11.9 Å². The Kier molecular flexibility index (Phi) is 4.87. The minimum atomic E-state index is 0.304. The molecule has 4 nitrogen and oxygen atoms in total. The third-order valence-corrected chi connectivity index (χ3v) is 3.33. The lowest BCUT2D eigenvalue weighted by atomic mass is 10.1. The van der Waals surface area contributed by atoms with E-state index in [1.807, 2.05) is 36.4 Å². The average Bonchev–Trinajstić information content (AvgIpc) is 2.41. The van der Waals surface area contributed by atoms with E-state index in [4.69, 9.17) is 5.73 Å². The highest BCUT2D eigenvalue weighted by Gasteiger charge is 2.04. The van der Waals surface area contributed by atoms with E-state index in [1.165, 1.54) is 0 Å². The van der Waals surface area contributed by atoms with Crippen LogP contribution in [0, 0.1) is 0 Å². The van der Waals surface area contributed by atoms with Gasteiger partial charge in [-0.1, -0.05) is 28.1 Å². The van der Waals surface area contributed by atoms with Gasteiger partial charge in [0.25, 0.3) is 0 Å². The molecular formula is C14H17BrN4. The van der Waals surface area contributed by atoms with Gasteiger partial charge in [-0.2, -0.15) is 0 Å². The van der Waals surface area contributed by atoms with Crippen LogP contribution in [0.5, 0.6) is 0 Å². The molecule has 0 spiro atoms. The predicted molar refractivity (Wildman–Crippen MR) is 81.9 cm³/mol. The molecule has 0 radical (unpaired) electrons. The van der Waals surface area contributed by atoms with E-state index < -0.39 is 0 Å². The minimum absolute atomic E-state index is 0.304. The van der Waals surface area contributed by atoms with Gasteiger partial charge in [-0.25, -0.2) is 0 Å². The summed E-state index contributed by atoms with van der Waals surface area (Å²) in [5, 5.41) is 11.7. The first kappa shape index (κ1) is 14.0. The molecule has 2 aromatic rings. The molecular weight excluding hydrogens is 304 g/mol. The summed E-state index contributed by atoms with van der Waals surface area (Å²) < 4.78 is 1.05. The number of nitrogens with zero attached hydrogens (tertiary/aromatic N) is 2. The summed E-state index contributed by atoms with van der Waals surface area (Å²) in [6.07, 6.45) is 0.913. The van der Waals surface area contributed by atoms with E-state index in [1.54, 1.807) is 0 Å². The van der Waals surface area contributed by atoms with Gasteiger partial charge in [-0.15, -0.1) is 10.2 Å². The van der Waals surface area contributed by atoms with Gasteiger partial charge in [0.1, 0.15) is 5.82 Å². The van der Waals surface area contributed by atoms with E-state index in [-0.39, 0.29) is 0 Å². The van der Waals surface area contributed by atoms with Crippen molar-refractivity contribution in [3.05, 3.63) is 40.9 Å². The number of aromatic nitrogens is 2. The number of nitrogens with two attached hydrogens (primary N) is 1. The zero-order chi connectivity index (χ0) is 13.7. The minimum Gasteiger partial charge on any atom is -0.366 e. The molecule has 0 amide bonds. The third kappa shape index (κ3) is 4.01. The van der Waals surface area contributed by atoms with Crippen molar-refractivity contribution in [3.63, 3.8) is 0 Å². The Morgan fingerprint density at radius 2 is 1.89 bits per heavy atom. The summed E-state index contributed by atoms with van der Waals surface area (Å²) in [5.74, 6) is 0.779. The first-order valence-corrected chi connectivity index (χ1v) is 7.04. The number of hydrogen-bond acceptors (Lipinski definition) is 4. The normalized spacial score (nSPS) is 12.2. The molecule has 2 rings (SSSR count). The second kappa shape index (κ2) is 6.63. The molecule has 0 saturated heterocycles. The average molecular weight is 321 g/mol. The SMILES string of the molecule is CC(CCN)Nc1ccc(-c2ccc(Br)cc2)nn1. The molecule has 1 unspecified atom stereocenters. The van der Waals surface area contributed by atoms with Crippen molar-refractivity contribution in [2.45, 2.75) is 19.4 Å². The van der Waals surface area contributed by atoms with Crippen molar-refractivity contribution in [1.29, 1.82) is 0 Å². The van der Waals surface area contributed by atoms with Gasteiger partial charge < -0.3 is 11.1 Å². The van der Waals surface area contributed by atoms with Crippen molar-refractivity contribution in [1.82, 2.24) is 10.2 Å². The van der Waals surface area contributed by atoms with Crippen LogP contribution in [0.3, 0.4) is 0 Å². The van der Waals surface area contributed by atoms with E-state index in [0.29, 0.717) is 12.6 Å². The Bertz CT molecular complexity index is 510. The van der Waals surface area contributed by atoms with Gasteiger partial charge in [0.05, 0.1) is 5.69 Å². The van der Waals surface area contributed by atoms with Crippen LogP contribution in [0.25, 0.3) is 11.3 Å². The number of hydrogen-bond donors (Lipinski definition) is 2. The van der Waals surface area contributed by atoms with E-state index in [9.17, 15) is 0 Å². The lowest BCUT2D eigenvalue weighted by molar-refractivity contribution is 0.711. The number of nitrogens with one attached hydrogen (secondary N) is 1. The quantitative estimate of drug-likeness (QED) is 0.888. The first-order chi connectivity index (χ1) is 9.19. The fourth-order valence-electron chi connectivity index (χ4n) is 1.76. The lowest BCUT2D eigenvalue weighted by Crippen LogP contribution is -2.20. The maximum atomic E-state index is 5.52. The van der Waals surface area contributed by atoms with Gasteiger partial charge in [-0.3, -0.25) is 0 Å². The fraction of sp³-hybridized carbons (Fsp3) is 0.286. The van der Waals surface area contributed by atoms with Gasteiger partial charge in [0.15, 0.2) is 0 Å². The van der Waals surface area contributed by atoms with Gasteiger partial charge in [0.2, 0.25) is 0 Å². The fourth-order valence-corrected chi connectivity index (χ4v) is 2.02. The number of halogens is 1. The van der Waals surface area contributed by atoms with Crippen LogP contribution in [0.2, 0.25) is 0 Å². The van der Waals surface area contributed by atoms with Crippen LogP contribution < -0.4 is 11.1 Å².